The van der Waals surface area contributed by atoms with Crippen LogP contribution in [0, 0.1) is 15.9 Å². The third kappa shape index (κ3) is 3.03. The highest BCUT2D eigenvalue weighted by atomic mass is 19.1. The minimum atomic E-state index is -0.498. The summed E-state index contributed by atoms with van der Waals surface area (Å²) in [6.07, 6.45) is 0.662. The van der Waals surface area contributed by atoms with E-state index in [0.29, 0.717) is 24.5 Å². The predicted octanol–water partition coefficient (Wildman–Crippen LogP) is 3.68. The lowest BCUT2D eigenvalue weighted by Crippen LogP contribution is -2.20. The van der Waals surface area contributed by atoms with Crippen LogP contribution in [-0.2, 0) is 0 Å². The van der Waals surface area contributed by atoms with Gasteiger partial charge in [-0.25, -0.2) is 4.39 Å². The van der Waals surface area contributed by atoms with E-state index in [-0.39, 0.29) is 23.3 Å². The second kappa shape index (κ2) is 6.12. The van der Waals surface area contributed by atoms with E-state index in [1.54, 1.807) is 18.2 Å². The zero-order valence-electron chi connectivity index (χ0n) is 12.4. The monoisotopic (exact) mass is 318 g/mol. The second-order valence-corrected chi connectivity index (χ2v) is 5.16. The van der Waals surface area contributed by atoms with Crippen molar-refractivity contribution >= 4 is 11.4 Å². The van der Waals surface area contributed by atoms with Gasteiger partial charge in [-0.15, -0.1) is 0 Å². The number of nitrogens with zero attached hydrogens (tertiary/aromatic N) is 1. The molecule has 0 amide bonds. The van der Waals surface area contributed by atoms with Crippen LogP contribution in [0.25, 0.3) is 0 Å². The van der Waals surface area contributed by atoms with Crippen molar-refractivity contribution in [2.24, 2.45) is 0 Å². The van der Waals surface area contributed by atoms with E-state index in [4.69, 9.17) is 9.47 Å². The Kier molecular flexibility index (Phi) is 4.01. The zero-order valence-corrected chi connectivity index (χ0v) is 12.4. The summed E-state index contributed by atoms with van der Waals surface area (Å²) in [5.41, 5.74) is 1.29. The minimum absolute atomic E-state index is 0.100. The molecule has 1 unspecified atom stereocenters. The van der Waals surface area contributed by atoms with Crippen LogP contribution in [0.5, 0.6) is 11.5 Å². The quantitative estimate of drug-likeness (QED) is 0.687. The number of fused-ring (bicyclic) bond motifs is 1. The normalized spacial score (nSPS) is 16.2. The molecule has 0 saturated heterocycles. The van der Waals surface area contributed by atoms with Crippen LogP contribution in [0.2, 0.25) is 0 Å². The first-order valence-corrected chi connectivity index (χ1v) is 7.09. The van der Waals surface area contributed by atoms with Gasteiger partial charge in [-0.1, -0.05) is 0 Å². The number of methoxy groups -OCH3 is 1. The summed E-state index contributed by atoms with van der Waals surface area (Å²) >= 11 is 0. The van der Waals surface area contributed by atoms with E-state index in [9.17, 15) is 14.5 Å². The van der Waals surface area contributed by atoms with Crippen LogP contribution < -0.4 is 14.8 Å². The third-order valence-corrected chi connectivity index (χ3v) is 3.73. The fourth-order valence-electron chi connectivity index (χ4n) is 2.63. The highest BCUT2D eigenvalue weighted by molar-refractivity contribution is 5.59. The number of hydrogen-bond acceptors (Lipinski definition) is 5. The van der Waals surface area contributed by atoms with Gasteiger partial charge in [0.25, 0.3) is 0 Å². The first kappa shape index (κ1) is 15.1. The van der Waals surface area contributed by atoms with Gasteiger partial charge in [-0.2, -0.15) is 0 Å². The maximum Gasteiger partial charge on any atom is 0.311 e. The molecule has 0 aliphatic carbocycles. The molecule has 0 fully saturated rings. The van der Waals surface area contributed by atoms with Gasteiger partial charge in [0.05, 0.1) is 24.7 Å². The Balaban J connectivity index is 1.89. The topological polar surface area (TPSA) is 73.6 Å². The number of rotatable bonds is 4. The van der Waals surface area contributed by atoms with Crippen molar-refractivity contribution in [3.8, 4) is 11.5 Å². The number of nitro groups is 1. The van der Waals surface area contributed by atoms with Gasteiger partial charge in [0.1, 0.15) is 11.6 Å². The molecule has 1 atom stereocenters. The summed E-state index contributed by atoms with van der Waals surface area (Å²) in [5.74, 6) is 0.484. The van der Waals surface area contributed by atoms with E-state index >= 15 is 0 Å². The molecule has 0 aromatic heterocycles. The molecular weight excluding hydrogens is 303 g/mol. The van der Waals surface area contributed by atoms with Crippen molar-refractivity contribution < 1.29 is 18.8 Å². The maximum atomic E-state index is 13.5. The number of ether oxygens (including phenoxy) is 2. The SMILES string of the molecule is COc1cc(NC2CCOc3ccc(F)cc32)ccc1[N+](=O)[O-]. The molecule has 2 aromatic carbocycles. The Hall–Kier alpha value is -2.83. The Morgan fingerprint density at radius 1 is 1.35 bits per heavy atom. The number of nitrogens with one attached hydrogen (secondary N) is 1. The van der Waals surface area contributed by atoms with Crippen molar-refractivity contribution in [2.75, 3.05) is 19.0 Å². The number of anilines is 1. The molecule has 2 aromatic rings. The van der Waals surface area contributed by atoms with Crippen molar-refractivity contribution in [1.29, 1.82) is 0 Å². The van der Waals surface area contributed by atoms with Crippen LogP contribution >= 0.6 is 0 Å². The fourth-order valence-corrected chi connectivity index (χ4v) is 2.63. The Morgan fingerprint density at radius 3 is 2.91 bits per heavy atom. The van der Waals surface area contributed by atoms with Crippen LogP contribution in [0.4, 0.5) is 15.8 Å². The summed E-state index contributed by atoms with van der Waals surface area (Å²) in [7, 11) is 1.38. The van der Waals surface area contributed by atoms with Crippen LogP contribution in [-0.4, -0.2) is 18.6 Å². The van der Waals surface area contributed by atoms with E-state index < -0.39 is 4.92 Å². The first-order chi connectivity index (χ1) is 11.1. The van der Waals surface area contributed by atoms with Gasteiger partial charge in [-0.05, 0) is 24.3 Å². The molecule has 3 rings (SSSR count). The highest BCUT2D eigenvalue weighted by Gasteiger charge is 2.23. The van der Waals surface area contributed by atoms with Gasteiger partial charge < -0.3 is 14.8 Å². The smallest absolute Gasteiger partial charge is 0.311 e. The molecule has 0 saturated carbocycles. The van der Waals surface area contributed by atoms with Crippen LogP contribution in [0.15, 0.2) is 36.4 Å². The molecule has 1 N–H and O–H groups in total. The number of nitro benzene ring substituents is 1. The highest BCUT2D eigenvalue weighted by Crippen LogP contribution is 2.36. The van der Waals surface area contributed by atoms with Gasteiger partial charge in [0, 0.05) is 29.8 Å². The Labute approximate surface area is 132 Å². The summed E-state index contributed by atoms with van der Waals surface area (Å²) in [6, 6.07) is 8.81. The molecule has 1 aliphatic rings. The summed E-state index contributed by atoms with van der Waals surface area (Å²) in [5, 5.41) is 14.2. The first-order valence-electron chi connectivity index (χ1n) is 7.09. The van der Waals surface area contributed by atoms with Gasteiger partial charge >= 0.3 is 5.69 Å². The molecule has 23 heavy (non-hydrogen) atoms. The Bertz CT molecular complexity index is 751. The average Bonchev–Trinajstić information content (AvgIpc) is 2.55. The van der Waals surface area contributed by atoms with Crippen molar-refractivity contribution in [1.82, 2.24) is 0 Å². The number of benzene rings is 2. The lowest BCUT2D eigenvalue weighted by atomic mass is 10.00. The standard InChI is InChI=1S/C16H15FN2O4/c1-22-16-9-11(3-4-14(16)19(20)21)18-13-6-7-23-15-5-2-10(17)8-12(13)15/h2-5,8-9,13,18H,6-7H2,1H3. The van der Waals surface area contributed by atoms with E-state index in [1.807, 2.05) is 0 Å². The molecule has 0 spiro atoms. The molecule has 1 heterocycles. The van der Waals surface area contributed by atoms with Crippen molar-refractivity contribution in [3.63, 3.8) is 0 Å². The number of hydrogen-bond donors (Lipinski definition) is 1. The van der Waals surface area contributed by atoms with Gasteiger partial charge in [0.2, 0.25) is 0 Å². The van der Waals surface area contributed by atoms with E-state index in [0.717, 1.165) is 5.56 Å². The minimum Gasteiger partial charge on any atom is -0.493 e. The Morgan fingerprint density at radius 2 is 2.17 bits per heavy atom. The molecule has 0 radical (unpaired) electrons. The van der Waals surface area contributed by atoms with Crippen LogP contribution in [0.3, 0.4) is 0 Å². The lowest BCUT2D eigenvalue weighted by Gasteiger charge is -2.27. The fraction of sp³-hybridized carbons (Fsp3) is 0.250. The lowest BCUT2D eigenvalue weighted by molar-refractivity contribution is -0.385. The summed E-state index contributed by atoms with van der Waals surface area (Å²) < 4.78 is 24.1. The van der Waals surface area contributed by atoms with Crippen molar-refractivity contribution in [2.45, 2.75) is 12.5 Å². The third-order valence-electron chi connectivity index (χ3n) is 3.73. The molecule has 6 nitrogen and oxygen atoms in total. The maximum absolute atomic E-state index is 13.5. The van der Waals surface area contributed by atoms with Gasteiger partial charge in [0.15, 0.2) is 5.75 Å². The zero-order chi connectivity index (χ0) is 16.4. The molecule has 7 heteroatoms. The van der Waals surface area contributed by atoms with Gasteiger partial charge in [-0.3, -0.25) is 10.1 Å². The second-order valence-electron chi connectivity index (χ2n) is 5.16. The van der Waals surface area contributed by atoms with E-state index in [2.05, 4.69) is 5.32 Å². The average molecular weight is 318 g/mol. The van der Waals surface area contributed by atoms with E-state index in [1.165, 1.54) is 25.3 Å². The summed E-state index contributed by atoms with van der Waals surface area (Å²) in [4.78, 5) is 10.4. The summed E-state index contributed by atoms with van der Waals surface area (Å²) in [6.45, 7) is 0.514. The molecule has 0 bridgehead atoms. The predicted molar refractivity (Wildman–Crippen MR) is 82.5 cm³/mol. The number of halogens is 1. The molecule has 120 valence electrons. The largest absolute Gasteiger partial charge is 0.493 e. The van der Waals surface area contributed by atoms with Crippen LogP contribution in [0.1, 0.15) is 18.0 Å². The molecule has 1 aliphatic heterocycles. The van der Waals surface area contributed by atoms with Crippen molar-refractivity contribution in [3.05, 3.63) is 57.9 Å². The molecular formula is C16H15FN2O4.